The highest BCUT2D eigenvalue weighted by molar-refractivity contribution is 7.99. The van der Waals surface area contributed by atoms with Crippen molar-refractivity contribution in [2.45, 2.75) is 73.0 Å². The number of carbonyl (C=O) groups excluding carboxylic acids is 2. The van der Waals surface area contributed by atoms with Gasteiger partial charge in [-0.15, -0.1) is 0 Å². The van der Waals surface area contributed by atoms with E-state index in [0.717, 1.165) is 53.9 Å². The molecule has 2 aromatic carbocycles. The second-order valence-electron chi connectivity index (χ2n) is 10.6. The standard InChI is InChI=1S/C16H23NO4S.C16H21NO3.CH4/c1-11(2)21-16(19)17-7-8-22-10-13(17)9-20-15-6-4-5-14(18)12(15)3;1-11-14(18)8-5-9-15(11)20-10-12-6-3-4-7-13(12)16(19)17-2;/h4-6,11,13,18H,7-10H2,1-3H3;5,8-9,18H,3-4,6-7,10H2,1-2H3,(H,17,19);1H4. The summed E-state index contributed by atoms with van der Waals surface area (Å²) in [5.74, 6) is 3.49. The molecule has 2 aliphatic rings. The first kappa shape index (κ1) is 35.7. The average molecular weight is 617 g/mol. The molecule has 1 aliphatic carbocycles. The summed E-state index contributed by atoms with van der Waals surface area (Å²) in [5, 5.41) is 22.1. The Morgan fingerprint density at radius 1 is 1.00 bits per heavy atom. The van der Waals surface area contributed by atoms with Gasteiger partial charge in [-0.2, -0.15) is 11.8 Å². The van der Waals surface area contributed by atoms with Crippen LogP contribution in [0.3, 0.4) is 0 Å². The summed E-state index contributed by atoms with van der Waals surface area (Å²) >= 11 is 1.81. The molecule has 0 radical (unpaired) electrons. The van der Waals surface area contributed by atoms with Gasteiger partial charge < -0.3 is 34.6 Å². The second kappa shape index (κ2) is 17.6. The molecule has 2 aromatic rings. The number of aromatic hydroxyl groups is 2. The van der Waals surface area contributed by atoms with Crippen LogP contribution >= 0.6 is 11.8 Å². The Morgan fingerprint density at radius 3 is 2.21 bits per heavy atom. The van der Waals surface area contributed by atoms with Crippen LogP contribution in [0.5, 0.6) is 23.0 Å². The maximum absolute atomic E-state index is 12.2. The number of amides is 2. The van der Waals surface area contributed by atoms with Crippen molar-refractivity contribution in [1.29, 1.82) is 0 Å². The summed E-state index contributed by atoms with van der Waals surface area (Å²) in [6, 6.07) is 10.4. The van der Waals surface area contributed by atoms with Gasteiger partial charge in [0.1, 0.15) is 36.2 Å². The van der Waals surface area contributed by atoms with Crippen LogP contribution in [-0.4, -0.2) is 77.6 Å². The van der Waals surface area contributed by atoms with Crippen LogP contribution in [0.4, 0.5) is 4.79 Å². The fraction of sp³-hybridized carbons (Fsp3) is 0.515. The predicted octanol–water partition coefficient (Wildman–Crippen LogP) is 6.37. The molecular weight excluding hydrogens is 568 g/mol. The minimum atomic E-state index is -0.281. The van der Waals surface area contributed by atoms with Gasteiger partial charge in [-0.25, -0.2) is 4.79 Å². The van der Waals surface area contributed by atoms with E-state index in [4.69, 9.17) is 14.2 Å². The molecule has 3 N–H and O–H groups in total. The van der Waals surface area contributed by atoms with Crippen LogP contribution in [0.25, 0.3) is 0 Å². The van der Waals surface area contributed by atoms with Gasteiger partial charge in [0.15, 0.2) is 0 Å². The third-order valence-corrected chi connectivity index (χ3v) is 8.32. The fourth-order valence-electron chi connectivity index (χ4n) is 4.72. The van der Waals surface area contributed by atoms with Crippen molar-refractivity contribution in [2.75, 3.05) is 38.3 Å². The zero-order valence-corrected chi connectivity index (χ0v) is 26.1. The summed E-state index contributed by atoms with van der Waals surface area (Å²) < 4.78 is 16.9. The van der Waals surface area contributed by atoms with Crippen molar-refractivity contribution in [3.05, 3.63) is 58.7 Å². The molecule has 9 nitrogen and oxygen atoms in total. The van der Waals surface area contributed by atoms with Gasteiger partial charge in [-0.1, -0.05) is 19.6 Å². The molecule has 10 heteroatoms. The van der Waals surface area contributed by atoms with Crippen molar-refractivity contribution in [2.24, 2.45) is 0 Å². The number of benzene rings is 2. The molecule has 238 valence electrons. The summed E-state index contributed by atoms with van der Waals surface area (Å²) in [6.07, 6.45) is 3.46. The molecule has 0 aromatic heterocycles. The Bertz CT molecular complexity index is 1250. The normalized spacial score (nSPS) is 16.4. The molecule has 1 atom stereocenters. The van der Waals surface area contributed by atoms with Crippen LogP contribution in [0.1, 0.15) is 58.1 Å². The predicted molar refractivity (Wildman–Crippen MR) is 172 cm³/mol. The van der Waals surface area contributed by atoms with Gasteiger partial charge in [0, 0.05) is 41.8 Å². The van der Waals surface area contributed by atoms with Crippen LogP contribution in [-0.2, 0) is 9.53 Å². The van der Waals surface area contributed by atoms with E-state index in [1.54, 1.807) is 48.0 Å². The lowest BCUT2D eigenvalue weighted by atomic mass is 9.91. The smallest absolute Gasteiger partial charge is 0.410 e. The molecule has 1 aliphatic heterocycles. The van der Waals surface area contributed by atoms with E-state index in [1.165, 1.54) is 0 Å². The van der Waals surface area contributed by atoms with E-state index in [0.29, 0.717) is 36.8 Å². The molecular formula is C33H48N2O7S. The van der Waals surface area contributed by atoms with Gasteiger partial charge >= 0.3 is 6.09 Å². The van der Waals surface area contributed by atoms with Gasteiger partial charge in [0.25, 0.3) is 0 Å². The third-order valence-electron chi connectivity index (χ3n) is 7.23. The van der Waals surface area contributed by atoms with Crippen molar-refractivity contribution >= 4 is 23.8 Å². The van der Waals surface area contributed by atoms with Crippen LogP contribution in [0.15, 0.2) is 47.5 Å². The summed E-state index contributed by atoms with van der Waals surface area (Å²) in [6.45, 7) is 8.79. The summed E-state index contributed by atoms with van der Waals surface area (Å²) in [7, 11) is 1.65. The number of phenolic OH excluding ortho intramolecular Hbond substituents is 2. The highest BCUT2D eigenvalue weighted by Gasteiger charge is 2.29. The molecule has 1 unspecified atom stereocenters. The molecule has 4 rings (SSSR count). The number of rotatable bonds is 8. The van der Waals surface area contributed by atoms with E-state index in [-0.39, 0.29) is 43.1 Å². The van der Waals surface area contributed by atoms with Gasteiger partial charge in [0.05, 0.1) is 12.1 Å². The van der Waals surface area contributed by atoms with Gasteiger partial charge in [-0.05, 0) is 83.2 Å². The SMILES string of the molecule is C.CNC(=O)C1=C(COc2cccc(O)c2C)CCCC1.Cc1c(O)cccc1OCC1CSCCN1C(=O)OC(C)C. The van der Waals surface area contributed by atoms with Crippen molar-refractivity contribution in [3.8, 4) is 23.0 Å². The number of likely N-dealkylation sites (N-methyl/N-ethyl adjacent to an activating group) is 1. The molecule has 2 amide bonds. The first-order valence-corrected chi connectivity index (χ1v) is 15.6. The van der Waals surface area contributed by atoms with Gasteiger partial charge in [-0.3, -0.25) is 4.79 Å². The average Bonchev–Trinajstić information content (AvgIpc) is 2.98. The lowest BCUT2D eigenvalue weighted by Gasteiger charge is -2.34. The number of ether oxygens (including phenoxy) is 3. The maximum atomic E-state index is 12.2. The maximum Gasteiger partial charge on any atom is 0.410 e. The first-order valence-electron chi connectivity index (χ1n) is 14.4. The Kier molecular flexibility index (Phi) is 14.6. The van der Waals surface area contributed by atoms with Crippen LogP contribution in [0.2, 0.25) is 0 Å². The van der Waals surface area contributed by atoms with Crippen molar-refractivity contribution in [1.82, 2.24) is 10.2 Å². The van der Waals surface area contributed by atoms with Crippen molar-refractivity contribution in [3.63, 3.8) is 0 Å². The quantitative estimate of drug-likeness (QED) is 0.313. The molecule has 0 spiro atoms. The van der Waals surface area contributed by atoms with E-state index < -0.39 is 0 Å². The molecule has 1 fully saturated rings. The Morgan fingerprint density at radius 2 is 1.60 bits per heavy atom. The Labute approximate surface area is 260 Å². The Balaban J connectivity index is 0.000000295. The first-order chi connectivity index (χ1) is 20.1. The Hall–Kier alpha value is -3.53. The van der Waals surface area contributed by atoms with E-state index >= 15 is 0 Å². The highest BCUT2D eigenvalue weighted by Crippen LogP contribution is 2.30. The second-order valence-corrected chi connectivity index (χ2v) is 11.8. The number of hydrogen-bond donors (Lipinski definition) is 3. The minimum Gasteiger partial charge on any atom is -0.508 e. The number of thioether (sulfide) groups is 1. The minimum absolute atomic E-state index is 0. The number of phenols is 2. The van der Waals surface area contributed by atoms with Crippen LogP contribution < -0.4 is 14.8 Å². The number of carbonyl (C=O) groups is 2. The zero-order valence-electron chi connectivity index (χ0n) is 25.3. The fourth-order valence-corrected chi connectivity index (χ4v) is 5.76. The van der Waals surface area contributed by atoms with E-state index in [2.05, 4.69) is 5.32 Å². The summed E-state index contributed by atoms with van der Waals surface area (Å²) in [4.78, 5) is 25.7. The van der Waals surface area contributed by atoms with E-state index in [1.807, 2.05) is 39.8 Å². The van der Waals surface area contributed by atoms with Crippen molar-refractivity contribution < 1.29 is 34.0 Å². The molecule has 1 saturated heterocycles. The topological polar surface area (TPSA) is 118 Å². The largest absolute Gasteiger partial charge is 0.508 e. The lowest BCUT2D eigenvalue weighted by Crippen LogP contribution is -2.49. The molecule has 1 heterocycles. The zero-order chi connectivity index (χ0) is 30.6. The van der Waals surface area contributed by atoms with Gasteiger partial charge in [0.2, 0.25) is 5.91 Å². The lowest BCUT2D eigenvalue weighted by molar-refractivity contribution is -0.117. The molecule has 43 heavy (non-hydrogen) atoms. The number of hydrogen-bond acceptors (Lipinski definition) is 8. The van der Waals surface area contributed by atoms with Crippen LogP contribution in [0, 0.1) is 13.8 Å². The number of nitrogens with one attached hydrogen (secondary N) is 1. The third kappa shape index (κ3) is 10.3. The number of nitrogens with zero attached hydrogens (tertiary/aromatic N) is 1. The van der Waals surface area contributed by atoms with E-state index in [9.17, 15) is 19.8 Å². The highest BCUT2D eigenvalue weighted by atomic mass is 32.2. The molecule has 0 bridgehead atoms. The monoisotopic (exact) mass is 616 g/mol. The molecule has 0 saturated carbocycles. The summed E-state index contributed by atoms with van der Waals surface area (Å²) in [5.41, 5.74) is 3.36.